The third-order valence-electron chi connectivity index (χ3n) is 2.00. The number of hydrogen-bond acceptors (Lipinski definition) is 6. The minimum absolute atomic E-state index is 0.0891. The largest absolute Gasteiger partial charge is 0.489 e. The van der Waals surface area contributed by atoms with Gasteiger partial charge in [-0.2, -0.15) is 12.5 Å². The quantitative estimate of drug-likeness (QED) is 0.363. The lowest BCUT2D eigenvalue weighted by Crippen LogP contribution is -2.37. The van der Waals surface area contributed by atoms with Crippen molar-refractivity contribution in [2.75, 3.05) is 6.61 Å². The molecule has 1 heterocycles. The van der Waals surface area contributed by atoms with Gasteiger partial charge in [-0.05, 0) is 48.8 Å². The van der Waals surface area contributed by atoms with Gasteiger partial charge in [-0.3, -0.25) is 0 Å². The molecule has 1 aromatic rings. The zero-order chi connectivity index (χ0) is 16.0. The fourth-order valence-electron chi connectivity index (χ4n) is 1.22. The lowest BCUT2D eigenvalue weighted by Gasteiger charge is -2.24. The summed E-state index contributed by atoms with van der Waals surface area (Å²) in [5.74, 6) is -0.116. The average Bonchev–Trinajstić information content (AvgIpc) is 2.33. The maximum Gasteiger partial charge on any atom is 0.340 e. The summed E-state index contributed by atoms with van der Waals surface area (Å²) in [6, 6.07) is 3.41. The van der Waals surface area contributed by atoms with Crippen molar-refractivity contribution in [2.45, 2.75) is 32.5 Å². The Hall–Kier alpha value is -0.725. The Morgan fingerprint density at radius 3 is 2.80 bits per heavy atom. The second kappa shape index (κ2) is 7.90. The molecule has 0 aliphatic carbocycles. The number of thiol groups is 1. The Morgan fingerprint density at radius 1 is 1.60 bits per heavy atom. The summed E-state index contributed by atoms with van der Waals surface area (Å²) >= 11 is 7.01. The number of hydrogen-bond donors (Lipinski definition) is 1. The molecule has 1 aromatic heterocycles. The Bertz CT molecular complexity index is 469. The molecule has 8 heteroatoms. The molecule has 5 nitrogen and oxygen atoms in total. The van der Waals surface area contributed by atoms with Crippen LogP contribution >= 0.6 is 28.4 Å². The zero-order valence-corrected chi connectivity index (χ0v) is 14.0. The van der Waals surface area contributed by atoms with Crippen molar-refractivity contribution in [3.63, 3.8) is 0 Å². The Kier molecular flexibility index (Phi) is 6.19. The molecule has 0 aliphatic rings. The minimum Gasteiger partial charge on any atom is -0.489 e. The molecule has 0 bridgehead atoms. The molecule has 0 aliphatic heterocycles. The highest BCUT2D eigenvalue weighted by Gasteiger charge is 2.26. The van der Waals surface area contributed by atoms with Crippen molar-refractivity contribution in [3.05, 3.63) is 22.9 Å². The summed E-state index contributed by atoms with van der Waals surface area (Å²) in [5.41, 5.74) is -0.647. The highest BCUT2D eigenvalue weighted by molar-refractivity contribution is 9.10. The Morgan fingerprint density at radius 2 is 2.30 bits per heavy atom. The molecule has 0 aromatic carbocycles. The second-order valence-electron chi connectivity index (χ2n) is 4.89. The third kappa shape index (κ3) is 6.63. The molecule has 110 valence electrons. The molecule has 20 heavy (non-hydrogen) atoms. The van der Waals surface area contributed by atoms with E-state index in [-0.39, 0.29) is 6.61 Å². The molecule has 0 fully saturated rings. The van der Waals surface area contributed by atoms with Gasteiger partial charge in [0.15, 0.2) is 6.10 Å². The number of ether oxygens (including phenoxy) is 2. The van der Waals surface area contributed by atoms with E-state index in [2.05, 4.69) is 33.4 Å². The van der Waals surface area contributed by atoms with Gasteiger partial charge in [-0.15, -0.1) is 0 Å². The molecule has 0 saturated heterocycles. The van der Waals surface area contributed by atoms with Crippen molar-refractivity contribution in [1.29, 1.82) is 1.34 Å². The Balaban J connectivity index is 2.65. The normalized spacial score (nSPS) is 13.3. The summed E-state index contributed by atoms with van der Waals surface area (Å²) in [5, 5.41) is 0. The van der Waals surface area contributed by atoms with Gasteiger partial charge in [0.25, 0.3) is 0 Å². The van der Waals surface area contributed by atoms with Gasteiger partial charge in [0.1, 0.15) is 22.6 Å². The van der Waals surface area contributed by atoms with Crippen LogP contribution in [0, 0.1) is 0 Å². The van der Waals surface area contributed by atoms with Crippen molar-refractivity contribution in [1.82, 2.24) is 4.98 Å². The third-order valence-corrected chi connectivity index (χ3v) is 2.59. The molecular weight excluding hydrogens is 345 g/mol. The summed E-state index contributed by atoms with van der Waals surface area (Å²) in [6.45, 7) is 4.00. The van der Waals surface area contributed by atoms with Gasteiger partial charge in [0.05, 0.1) is 6.20 Å². The van der Waals surface area contributed by atoms with Gasteiger partial charge in [-0.25, -0.2) is 9.78 Å². The van der Waals surface area contributed by atoms with Crippen LogP contribution in [0.3, 0.4) is 0 Å². The molecule has 0 amide bonds. The van der Waals surface area contributed by atoms with E-state index in [1.54, 1.807) is 32.9 Å². The first kappa shape index (κ1) is 15.7. The van der Waals surface area contributed by atoms with Gasteiger partial charge in [0, 0.05) is 1.34 Å². The summed E-state index contributed by atoms with van der Waals surface area (Å²) in [7, 11) is 0. The van der Waals surface area contributed by atoms with Crippen LogP contribution in [-0.2, 0) is 14.2 Å². The van der Waals surface area contributed by atoms with Crippen LogP contribution in [0.2, 0.25) is 0 Å². The smallest absolute Gasteiger partial charge is 0.340 e. The van der Waals surface area contributed by atoms with Crippen molar-refractivity contribution in [3.8, 4) is 5.75 Å². The van der Waals surface area contributed by atoms with E-state index in [9.17, 15) is 4.79 Å². The maximum atomic E-state index is 12.0. The van der Waals surface area contributed by atoms with Gasteiger partial charge in [-0.1, -0.05) is 0 Å². The number of halogens is 1. The van der Waals surface area contributed by atoms with Crippen molar-refractivity contribution >= 4 is 41.1 Å². The number of pyridine rings is 1. The van der Waals surface area contributed by atoms with Gasteiger partial charge >= 0.3 is 12.7 Å². The first-order chi connectivity index (χ1) is 9.67. The predicted molar refractivity (Wildman–Crippen MR) is 84.3 cm³/mol. The molecule has 0 spiro atoms. The standard InChI is InChI=1S/C12H17BBrNO4S/c1-12(2,3)18-11(16)9(19-13-20)7-17-8-4-5-10(14)15-6-8/h4-6,9,13,20H,7H2,1-3H3/i13T. The number of aromatic nitrogens is 1. The van der Waals surface area contributed by atoms with Crippen LogP contribution in [0.4, 0.5) is 0 Å². The highest BCUT2D eigenvalue weighted by Crippen LogP contribution is 2.14. The summed E-state index contributed by atoms with van der Waals surface area (Å²) in [4.78, 5) is 16.0. The first-order valence-electron chi connectivity index (χ1n) is 6.48. The fraction of sp³-hybridized carbons (Fsp3) is 0.500. The number of nitrogens with zero attached hydrogens (tertiary/aromatic N) is 1. The SMILES string of the molecule is [3H]B(S)OC(COc1ccc(Br)nc1)C(=O)OC(C)(C)C. The van der Waals surface area contributed by atoms with Crippen LogP contribution in [0.5, 0.6) is 5.75 Å². The van der Waals surface area contributed by atoms with Crippen LogP contribution < -0.4 is 4.74 Å². The van der Waals surface area contributed by atoms with E-state index < -0.39 is 24.4 Å². The average molecular weight is 364 g/mol. The molecule has 1 atom stereocenters. The van der Waals surface area contributed by atoms with E-state index in [1.165, 1.54) is 6.20 Å². The Labute approximate surface area is 134 Å². The predicted octanol–water partition coefficient (Wildman–Crippen LogP) is 2.15. The topological polar surface area (TPSA) is 57.7 Å². The van der Waals surface area contributed by atoms with E-state index in [1.807, 2.05) is 0 Å². The maximum absolute atomic E-state index is 12.0. The van der Waals surface area contributed by atoms with E-state index in [0.29, 0.717) is 10.4 Å². The molecule has 0 radical (unpaired) electrons. The second-order valence-corrected chi connectivity index (χ2v) is 5.91. The fourth-order valence-corrected chi connectivity index (χ4v) is 1.60. The van der Waals surface area contributed by atoms with Gasteiger partial charge in [0.2, 0.25) is 0 Å². The molecule has 0 saturated carbocycles. The molecule has 1 unspecified atom stereocenters. The molecular formula is C12H17BBrNO4S. The number of carbonyl (C=O) groups excluding carboxylic acids is 1. The van der Waals surface area contributed by atoms with E-state index in [0.717, 1.165) is 0 Å². The number of carbonyl (C=O) groups is 1. The summed E-state index contributed by atoms with van der Waals surface area (Å²) in [6.07, 6.45) is 0.475. The highest BCUT2D eigenvalue weighted by atomic mass is 79.9. The monoisotopic (exact) mass is 363 g/mol. The summed E-state index contributed by atoms with van der Waals surface area (Å²) < 4.78 is 23.7. The van der Waals surface area contributed by atoms with E-state index >= 15 is 0 Å². The number of rotatable bonds is 6. The lowest BCUT2D eigenvalue weighted by atomic mass is 10.2. The molecule has 0 N–H and O–H groups in total. The van der Waals surface area contributed by atoms with Crippen LogP contribution in [0.25, 0.3) is 0 Å². The van der Waals surface area contributed by atoms with Crippen molar-refractivity contribution < 1.29 is 18.9 Å². The van der Waals surface area contributed by atoms with Crippen LogP contribution in [-0.4, -0.2) is 37.3 Å². The van der Waals surface area contributed by atoms with Gasteiger partial charge < -0.3 is 14.1 Å². The lowest BCUT2D eigenvalue weighted by molar-refractivity contribution is -0.164. The van der Waals surface area contributed by atoms with E-state index in [4.69, 9.17) is 15.5 Å². The first-order valence-corrected chi connectivity index (χ1v) is 7.21. The minimum atomic E-state index is -1.16. The molecule has 1 rings (SSSR count). The van der Waals surface area contributed by atoms with Crippen molar-refractivity contribution in [2.24, 2.45) is 0 Å². The van der Waals surface area contributed by atoms with Crippen LogP contribution in [0.15, 0.2) is 22.9 Å². The van der Waals surface area contributed by atoms with Crippen LogP contribution in [0.1, 0.15) is 20.8 Å². The number of esters is 1. The zero-order valence-electron chi connectivity index (χ0n) is 12.5.